The van der Waals surface area contributed by atoms with E-state index in [0.29, 0.717) is 6.61 Å². The molecule has 1 aromatic carbocycles. The Labute approximate surface area is 109 Å². The molecule has 0 bridgehead atoms. The lowest BCUT2D eigenvalue weighted by Gasteiger charge is -2.17. The zero-order valence-electron chi connectivity index (χ0n) is 10.3. The molecule has 4 nitrogen and oxygen atoms in total. The van der Waals surface area contributed by atoms with E-state index >= 15 is 0 Å². The normalized spacial score (nSPS) is 14.2. The van der Waals surface area contributed by atoms with Gasteiger partial charge in [0, 0.05) is 5.56 Å². The van der Waals surface area contributed by atoms with E-state index in [2.05, 4.69) is 4.18 Å². The van der Waals surface area contributed by atoms with Gasteiger partial charge in [0.2, 0.25) is 0 Å². The van der Waals surface area contributed by atoms with Crippen molar-refractivity contribution in [1.29, 1.82) is 0 Å². The van der Waals surface area contributed by atoms with Crippen molar-refractivity contribution >= 4 is 10.1 Å². The number of alkyl halides is 3. The van der Waals surface area contributed by atoms with Gasteiger partial charge in [0.25, 0.3) is 0 Å². The Kier molecular flexibility index (Phi) is 4.81. The minimum atomic E-state index is -5.63. The van der Waals surface area contributed by atoms with Gasteiger partial charge in [-0.25, -0.2) is 0 Å². The summed E-state index contributed by atoms with van der Waals surface area (Å²) >= 11 is 0. The highest BCUT2D eigenvalue weighted by molar-refractivity contribution is 7.87. The van der Waals surface area contributed by atoms with Crippen LogP contribution in [0.25, 0.3) is 0 Å². The number of benzene rings is 1. The van der Waals surface area contributed by atoms with E-state index in [4.69, 9.17) is 4.74 Å². The molecule has 0 aliphatic rings. The highest BCUT2D eigenvalue weighted by atomic mass is 32.2. The van der Waals surface area contributed by atoms with Gasteiger partial charge >= 0.3 is 15.6 Å². The monoisotopic (exact) mass is 298 g/mol. The molecule has 0 heterocycles. The molecule has 0 aliphatic heterocycles. The summed E-state index contributed by atoms with van der Waals surface area (Å²) in [5, 5.41) is 0. The number of halogens is 3. The largest absolute Gasteiger partial charge is 0.523 e. The molecule has 1 aromatic rings. The molecule has 0 fully saturated rings. The SMILES string of the molecule is CCOc1ccccc1C(C)OS(=O)(=O)C(F)(F)F. The van der Waals surface area contributed by atoms with Crippen LogP contribution in [0.1, 0.15) is 25.5 Å². The standard InChI is InChI=1S/C11H13F3O4S/c1-3-17-10-7-5-4-6-9(10)8(2)18-19(15,16)11(12,13)14/h4-8H,3H2,1-2H3. The van der Waals surface area contributed by atoms with E-state index in [9.17, 15) is 21.6 Å². The van der Waals surface area contributed by atoms with Crippen LogP contribution in [-0.2, 0) is 14.3 Å². The smallest absolute Gasteiger partial charge is 0.493 e. The van der Waals surface area contributed by atoms with Gasteiger partial charge in [-0.15, -0.1) is 0 Å². The summed E-state index contributed by atoms with van der Waals surface area (Å²) in [7, 11) is -5.63. The predicted octanol–water partition coefficient (Wildman–Crippen LogP) is 3.01. The van der Waals surface area contributed by atoms with Crippen LogP contribution in [0, 0.1) is 0 Å². The van der Waals surface area contributed by atoms with Crippen molar-refractivity contribution in [1.82, 2.24) is 0 Å². The van der Waals surface area contributed by atoms with Crippen LogP contribution in [0.15, 0.2) is 24.3 Å². The number of ether oxygens (including phenoxy) is 1. The Morgan fingerprint density at radius 2 is 1.84 bits per heavy atom. The molecule has 0 saturated carbocycles. The second kappa shape index (κ2) is 5.79. The number of para-hydroxylation sites is 1. The molecule has 0 spiro atoms. The Morgan fingerprint density at radius 1 is 1.26 bits per heavy atom. The zero-order valence-corrected chi connectivity index (χ0v) is 11.1. The zero-order chi connectivity index (χ0) is 14.7. The molecule has 1 atom stereocenters. The van der Waals surface area contributed by atoms with Gasteiger partial charge in [0.05, 0.1) is 6.61 Å². The van der Waals surface area contributed by atoms with Crippen LogP contribution in [0.2, 0.25) is 0 Å². The summed E-state index contributed by atoms with van der Waals surface area (Å²) < 4.78 is 67.8. The fraction of sp³-hybridized carbons (Fsp3) is 0.455. The molecule has 0 amide bonds. The minimum Gasteiger partial charge on any atom is -0.493 e. The van der Waals surface area contributed by atoms with Crippen molar-refractivity contribution in [2.45, 2.75) is 25.5 Å². The van der Waals surface area contributed by atoms with Gasteiger partial charge in [-0.1, -0.05) is 18.2 Å². The average molecular weight is 298 g/mol. The maximum absolute atomic E-state index is 12.2. The summed E-state index contributed by atoms with van der Waals surface area (Å²) in [5.41, 5.74) is -5.21. The second-order valence-electron chi connectivity index (χ2n) is 3.61. The number of hydrogen-bond acceptors (Lipinski definition) is 4. The number of hydrogen-bond donors (Lipinski definition) is 0. The first-order valence-electron chi connectivity index (χ1n) is 5.40. The third kappa shape index (κ3) is 3.84. The van der Waals surface area contributed by atoms with Gasteiger partial charge in [-0.3, -0.25) is 4.18 Å². The first-order chi connectivity index (χ1) is 8.69. The lowest BCUT2D eigenvalue weighted by molar-refractivity contribution is -0.0570. The van der Waals surface area contributed by atoms with Gasteiger partial charge in [0.1, 0.15) is 11.9 Å². The molecule has 0 aliphatic carbocycles. The van der Waals surface area contributed by atoms with Crippen LogP contribution in [0.4, 0.5) is 13.2 Å². The molecular formula is C11H13F3O4S. The molecule has 108 valence electrons. The summed E-state index contributed by atoms with van der Waals surface area (Å²) in [6.07, 6.45) is -1.30. The van der Waals surface area contributed by atoms with Gasteiger partial charge in [-0.05, 0) is 19.9 Å². The highest BCUT2D eigenvalue weighted by Crippen LogP contribution is 2.33. The topological polar surface area (TPSA) is 52.6 Å². The van der Waals surface area contributed by atoms with Crippen molar-refractivity contribution in [3.8, 4) is 5.75 Å². The fourth-order valence-electron chi connectivity index (χ4n) is 1.40. The van der Waals surface area contributed by atoms with Crippen LogP contribution in [-0.4, -0.2) is 20.5 Å². The first-order valence-corrected chi connectivity index (χ1v) is 6.81. The third-order valence-electron chi connectivity index (χ3n) is 2.21. The Balaban J connectivity index is 2.99. The molecule has 8 heteroatoms. The molecule has 19 heavy (non-hydrogen) atoms. The van der Waals surface area contributed by atoms with Crippen LogP contribution in [0.5, 0.6) is 5.75 Å². The summed E-state index contributed by atoms with van der Waals surface area (Å²) in [4.78, 5) is 0. The molecule has 0 radical (unpaired) electrons. The van der Waals surface area contributed by atoms with E-state index in [1.54, 1.807) is 19.1 Å². The first kappa shape index (κ1) is 15.8. The van der Waals surface area contributed by atoms with Gasteiger partial charge in [-0.2, -0.15) is 21.6 Å². The molecule has 0 saturated heterocycles. The highest BCUT2D eigenvalue weighted by Gasteiger charge is 2.48. The van der Waals surface area contributed by atoms with Gasteiger partial charge in [0.15, 0.2) is 0 Å². The molecule has 1 unspecified atom stereocenters. The third-order valence-corrected chi connectivity index (χ3v) is 3.32. The lowest BCUT2D eigenvalue weighted by atomic mass is 10.1. The van der Waals surface area contributed by atoms with Crippen molar-refractivity contribution < 1.29 is 30.5 Å². The molecule has 0 N–H and O–H groups in total. The summed E-state index contributed by atoms with van der Waals surface area (Å²) in [6.45, 7) is 3.21. The van der Waals surface area contributed by atoms with Crippen molar-refractivity contribution in [2.24, 2.45) is 0 Å². The van der Waals surface area contributed by atoms with E-state index < -0.39 is 21.7 Å². The van der Waals surface area contributed by atoms with Crippen molar-refractivity contribution in [3.05, 3.63) is 29.8 Å². The summed E-state index contributed by atoms with van der Waals surface area (Å²) in [6, 6.07) is 6.15. The number of rotatable bonds is 5. The summed E-state index contributed by atoms with van der Waals surface area (Å²) in [5.74, 6) is 0.287. The Hall–Kier alpha value is -1.28. The van der Waals surface area contributed by atoms with Crippen LogP contribution < -0.4 is 4.74 Å². The minimum absolute atomic E-state index is 0.233. The van der Waals surface area contributed by atoms with E-state index in [0.717, 1.165) is 0 Å². The van der Waals surface area contributed by atoms with Crippen LogP contribution >= 0.6 is 0 Å². The average Bonchev–Trinajstić information content (AvgIpc) is 2.28. The van der Waals surface area contributed by atoms with Crippen molar-refractivity contribution in [3.63, 3.8) is 0 Å². The second-order valence-corrected chi connectivity index (χ2v) is 5.17. The van der Waals surface area contributed by atoms with Gasteiger partial charge < -0.3 is 4.74 Å². The maximum atomic E-state index is 12.2. The molecule has 1 rings (SSSR count). The van der Waals surface area contributed by atoms with E-state index in [1.807, 2.05) is 0 Å². The predicted molar refractivity (Wildman–Crippen MR) is 62.1 cm³/mol. The maximum Gasteiger partial charge on any atom is 0.523 e. The van der Waals surface area contributed by atoms with E-state index in [1.165, 1.54) is 19.1 Å². The van der Waals surface area contributed by atoms with E-state index in [-0.39, 0.29) is 11.3 Å². The Bertz CT molecular complexity index is 525. The Morgan fingerprint density at radius 3 is 2.37 bits per heavy atom. The lowest BCUT2D eigenvalue weighted by Crippen LogP contribution is -2.26. The molecular weight excluding hydrogens is 285 g/mol. The van der Waals surface area contributed by atoms with Crippen molar-refractivity contribution in [2.75, 3.05) is 6.61 Å². The fourth-order valence-corrected chi connectivity index (χ4v) is 1.99. The molecule has 0 aromatic heterocycles. The quantitative estimate of drug-likeness (QED) is 0.619. The van der Waals surface area contributed by atoms with Crippen LogP contribution in [0.3, 0.4) is 0 Å².